The number of benzene rings is 1. The fourth-order valence-electron chi connectivity index (χ4n) is 1.88. The molecule has 3 nitrogen and oxygen atoms in total. The summed E-state index contributed by atoms with van der Waals surface area (Å²) in [6, 6.07) is 8.72. The summed E-state index contributed by atoms with van der Waals surface area (Å²) in [5.74, 6) is 0.917. The Hall–Kier alpha value is -1.06. The lowest BCUT2D eigenvalue weighted by molar-refractivity contribution is 0.414. The van der Waals surface area contributed by atoms with Gasteiger partial charge in [-0.25, -0.2) is 0 Å². The highest BCUT2D eigenvalue weighted by molar-refractivity contribution is 5.29. The largest absolute Gasteiger partial charge is 0.497 e. The van der Waals surface area contributed by atoms with Gasteiger partial charge in [0.05, 0.1) is 7.11 Å². The van der Waals surface area contributed by atoms with Gasteiger partial charge in [-0.15, -0.1) is 0 Å². The highest BCUT2D eigenvalue weighted by Gasteiger charge is 2.12. The van der Waals surface area contributed by atoms with E-state index in [2.05, 4.69) is 22.8 Å². The van der Waals surface area contributed by atoms with Gasteiger partial charge in [-0.2, -0.15) is 0 Å². The van der Waals surface area contributed by atoms with E-state index < -0.39 is 0 Å². The van der Waals surface area contributed by atoms with Crippen LogP contribution in [0.5, 0.6) is 5.75 Å². The predicted molar refractivity (Wildman–Crippen MR) is 61.2 cm³/mol. The van der Waals surface area contributed by atoms with Crippen LogP contribution in [0.25, 0.3) is 0 Å². The molecule has 1 aromatic carbocycles. The molecule has 0 radical (unpaired) electrons. The average Bonchev–Trinajstić information content (AvgIpc) is 2.58. The molecule has 3 heteroatoms. The van der Waals surface area contributed by atoms with Crippen LogP contribution in [0, 0.1) is 0 Å². The van der Waals surface area contributed by atoms with Gasteiger partial charge in [0, 0.05) is 12.6 Å². The number of methoxy groups -OCH3 is 1. The second-order valence-corrected chi connectivity index (χ2v) is 3.84. The predicted octanol–water partition coefficient (Wildman–Crippen LogP) is 1.32. The van der Waals surface area contributed by atoms with Gasteiger partial charge in [0.15, 0.2) is 0 Å². The summed E-state index contributed by atoms with van der Waals surface area (Å²) < 4.78 is 5.15. The van der Waals surface area contributed by atoms with E-state index in [1.165, 1.54) is 12.0 Å². The maximum absolute atomic E-state index is 5.15. The topological polar surface area (TPSA) is 33.3 Å². The van der Waals surface area contributed by atoms with Crippen molar-refractivity contribution >= 4 is 0 Å². The summed E-state index contributed by atoms with van der Waals surface area (Å²) in [6.45, 7) is 3.20. The van der Waals surface area contributed by atoms with E-state index in [0.717, 1.165) is 25.4 Å². The van der Waals surface area contributed by atoms with E-state index >= 15 is 0 Å². The average molecular weight is 206 g/mol. The Morgan fingerprint density at radius 2 is 2.00 bits per heavy atom. The third-order valence-electron chi connectivity index (χ3n) is 2.79. The molecule has 1 aromatic rings. The third kappa shape index (κ3) is 2.70. The molecule has 2 N–H and O–H groups in total. The molecule has 1 fully saturated rings. The second kappa shape index (κ2) is 5.14. The first kappa shape index (κ1) is 10.5. The van der Waals surface area contributed by atoms with Gasteiger partial charge in [-0.05, 0) is 37.2 Å². The third-order valence-corrected chi connectivity index (χ3v) is 2.79. The van der Waals surface area contributed by atoms with Crippen molar-refractivity contribution in [1.82, 2.24) is 10.6 Å². The van der Waals surface area contributed by atoms with Crippen molar-refractivity contribution in [3.05, 3.63) is 29.8 Å². The van der Waals surface area contributed by atoms with Crippen LogP contribution in [-0.4, -0.2) is 26.7 Å². The van der Waals surface area contributed by atoms with Crippen molar-refractivity contribution < 1.29 is 4.74 Å². The maximum Gasteiger partial charge on any atom is 0.118 e. The van der Waals surface area contributed by atoms with Gasteiger partial charge in [0.2, 0.25) is 0 Å². The normalized spacial score (nSPS) is 22.1. The molecule has 0 bridgehead atoms. The SMILES string of the molecule is COc1ccc(C2CNCCCN2)cc1. The van der Waals surface area contributed by atoms with E-state index in [1.54, 1.807) is 7.11 Å². The molecule has 82 valence electrons. The van der Waals surface area contributed by atoms with Gasteiger partial charge in [0.25, 0.3) is 0 Å². The molecule has 1 atom stereocenters. The molecular weight excluding hydrogens is 188 g/mol. The molecule has 0 saturated carbocycles. The Morgan fingerprint density at radius 3 is 2.73 bits per heavy atom. The van der Waals surface area contributed by atoms with Crippen LogP contribution in [-0.2, 0) is 0 Å². The quantitative estimate of drug-likeness (QED) is 0.765. The minimum atomic E-state index is 0.429. The molecule has 1 aliphatic rings. The molecule has 0 amide bonds. The summed E-state index contributed by atoms with van der Waals surface area (Å²) in [5, 5.41) is 6.96. The fraction of sp³-hybridized carbons (Fsp3) is 0.500. The smallest absolute Gasteiger partial charge is 0.118 e. The lowest BCUT2D eigenvalue weighted by atomic mass is 10.1. The molecule has 2 rings (SSSR count). The van der Waals surface area contributed by atoms with Crippen LogP contribution in [0.2, 0.25) is 0 Å². The highest BCUT2D eigenvalue weighted by atomic mass is 16.5. The zero-order valence-corrected chi connectivity index (χ0v) is 9.12. The summed E-state index contributed by atoms with van der Waals surface area (Å²) in [5.41, 5.74) is 1.32. The Bertz CT molecular complexity index is 289. The van der Waals surface area contributed by atoms with Crippen molar-refractivity contribution in [1.29, 1.82) is 0 Å². The molecule has 0 aliphatic carbocycles. The lowest BCUT2D eigenvalue weighted by Gasteiger charge is -2.16. The summed E-state index contributed by atoms with van der Waals surface area (Å²) in [4.78, 5) is 0. The molecule has 15 heavy (non-hydrogen) atoms. The summed E-state index contributed by atoms with van der Waals surface area (Å²) in [7, 11) is 1.69. The number of nitrogens with one attached hydrogen (secondary N) is 2. The first-order valence-electron chi connectivity index (χ1n) is 5.48. The molecule has 1 saturated heterocycles. The zero-order chi connectivity index (χ0) is 10.5. The van der Waals surface area contributed by atoms with E-state index in [-0.39, 0.29) is 0 Å². The minimum Gasteiger partial charge on any atom is -0.497 e. The first-order chi connectivity index (χ1) is 7.40. The van der Waals surface area contributed by atoms with Crippen molar-refractivity contribution in [3.63, 3.8) is 0 Å². The lowest BCUT2D eigenvalue weighted by Crippen LogP contribution is -2.27. The van der Waals surface area contributed by atoms with Gasteiger partial charge in [-0.1, -0.05) is 12.1 Å². The number of rotatable bonds is 2. The van der Waals surface area contributed by atoms with Crippen LogP contribution in [0.3, 0.4) is 0 Å². The van der Waals surface area contributed by atoms with Crippen molar-refractivity contribution in [2.24, 2.45) is 0 Å². The van der Waals surface area contributed by atoms with Crippen LogP contribution < -0.4 is 15.4 Å². The standard InChI is InChI=1S/C12H18N2O/c1-15-11-5-3-10(4-6-11)12-9-13-7-2-8-14-12/h3-6,12-14H,2,7-9H2,1H3. The van der Waals surface area contributed by atoms with Crippen molar-refractivity contribution in [3.8, 4) is 5.75 Å². The van der Waals surface area contributed by atoms with Gasteiger partial charge < -0.3 is 15.4 Å². The van der Waals surface area contributed by atoms with Gasteiger partial charge >= 0.3 is 0 Å². The molecule has 0 aromatic heterocycles. The summed E-state index contributed by atoms with van der Waals surface area (Å²) >= 11 is 0. The van der Waals surface area contributed by atoms with Gasteiger partial charge in [0.1, 0.15) is 5.75 Å². The van der Waals surface area contributed by atoms with E-state index in [4.69, 9.17) is 4.74 Å². The van der Waals surface area contributed by atoms with Crippen molar-refractivity contribution in [2.75, 3.05) is 26.7 Å². The summed E-state index contributed by atoms with van der Waals surface area (Å²) in [6.07, 6.45) is 1.20. The van der Waals surface area contributed by atoms with Crippen LogP contribution >= 0.6 is 0 Å². The number of hydrogen-bond donors (Lipinski definition) is 2. The van der Waals surface area contributed by atoms with Gasteiger partial charge in [-0.3, -0.25) is 0 Å². The molecule has 1 heterocycles. The van der Waals surface area contributed by atoms with Crippen LogP contribution in [0.15, 0.2) is 24.3 Å². The van der Waals surface area contributed by atoms with E-state index in [0.29, 0.717) is 6.04 Å². The number of ether oxygens (including phenoxy) is 1. The molecule has 1 aliphatic heterocycles. The number of hydrogen-bond acceptors (Lipinski definition) is 3. The Morgan fingerprint density at radius 1 is 1.20 bits per heavy atom. The minimum absolute atomic E-state index is 0.429. The Labute approximate surface area is 90.8 Å². The fourth-order valence-corrected chi connectivity index (χ4v) is 1.88. The maximum atomic E-state index is 5.15. The van der Waals surface area contributed by atoms with Crippen molar-refractivity contribution in [2.45, 2.75) is 12.5 Å². The van der Waals surface area contributed by atoms with Crippen LogP contribution in [0.4, 0.5) is 0 Å². The first-order valence-corrected chi connectivity index (χ1v) is 5.48. The second-order valence-electron chi connectivity index (χ2n) is 3.84. The van der Waals surface area contributed by atoms with Crippen LogP contribution in [0.1, 0.15) is 18.0 Å². The monoisotopic (exact) mass is 206 g/mol. The molecule has 0 spiro atoms. The molecule has 1 unspecified atom stereocenters. The Balaban J connectivity index is 2.06. The van der Waals surface area contributed by atoms with E-state index in [1.807, 2.05) is 12.1 Å². The highest BCUT2D eigenvalue weighted by Crippen LogP contribution is 2.17. The zero-order valence-electron chi connectivity index (χ0n) is 9.12. The molecular formula is C12H18N2O. The van der Waals surface area contributed by atoms with E-state index in [9.17, 15) is 0 Å². The Kier molecular flexibility index (Phi) is 3.59.